The highest BCUT2D eigenvalue weighted by molar-refractivity contribution is 5.91. The number of aliphatic hydroxyl groups is 1. The molecule has 1 atom stereocenters. The normalized spacial score (nSPS) is 12.1. The van der Waals surface area contributed by atoms with Crippen LogP contribution in [0.3, 0.4) is 0 Å². The van der Waals surface area contributed by atoms with Gasteiger partial charge in [-0.3, -0.25) is 4.79 Å². The highest BCUT2D eigenvalue weighted by atomic mass is 16.5. The van der Waals surface area contributed by atoms with Gasteiger partial charge in [0.25, 0.3) is 5.91 Å². The molecule has 0 aliphatic rings. The number of aliphatic hydroxyl groups excluding tert-OH is 1. The molecule has 1 aromatic carbocycles. The summed E-state index contributed by atoms with van der Waals surface area (Å²) in [5, 5.41) is 11.7. The number of hydrogen-bond donors (Lipinski definition) is 2. The molecular formula is C16H19NO4. The minimum atomic E-state index is -0.309. The van der Waals surface area contributed by atoms with Crippen LogP contribution in [0.15, 0.2) is 47.1 Å². The van der Waals surface area contributed by atoms with E-state index in [1.54, 1.807) is 12.1 Å². The van der Waals surface area contributed by atoms with Gasteiger partial charge in [-0.1, -0.05) is 29.8 Å². The van der Waals surface area contributed by atoms with Crippen molar-refractivity contribution in [2.45, 2.75) is 13.0 Å². The van der Waals surface area contributed by atoms with Crippen molar-refractivity contribution in [2.75, 3.05) is 19.8 Å². The topological polar surface area (TPSA) is 71.7 Å². The van der Waals surface area contributed by atoms with Gasteiger partial charge in [-0.2, -0.15) is 0 Å². The van der Waals surface area contributed by atoms with Crippen LogP contribution in [-0.4, -0.2) is 30.8 Å². The molecule has 5 heteroatoms. The summed E-state index contributed by atoms with van der Waals surface area (Å²) < 4.78 is 10.6. The van der Waals surface area contributed by atoms with E-state index in [1.807, 2.05) is 31.2 Å². The van der Waals surface area contributed by atoms with Crippen LogP contribution < -0.4 is 5.32 Å². The second-order valence-corrected chi connectivity index (χ2v) is 4.68. The average Bonchev–Trinajstić information content (AvgIpc) is 3.03. The zero-order valence-electron chi connectivity index (χ0n) is 11.9. The molecule has 1 unspecified atom stereocenters. The van der Waals surface area contributed by atoms with Crippen molar-refractivity contribution in [2.24, 2.45) is 0 Å². The molecular weight excluding hydrogens is 270 g/mol. The zero-order chi connectivity index (χ0) is 15.1. The minimum Gasteiger partial charge on any atom is -0.459 e. The number of rotatable bonds is 7. The minimum absolute atomic E-state index is 0.0610. The SMILES string of the molecule is Cc1ccc(C(CNC(=O)c2ccco2)OCCO)cc1. The predicted octanol–water partition coefficient (Wildman–Crippen LogP) is 2.07. The highest BCUT2D eigenvalue weighted by Gasteiger charge is 2.15. The lowest BCUT2D eigenvalue weighted by Gasteiger charge is -2.18. The molecule has 0 spiro atoms. The summed E-state index contributed by atoms with van der Waals surface area (Å²) in [7, 11) is 0. The number of carbonyl (C=O) groups is 1. The van der Waals surface area contributed by atoms with Gasteiger partial charge < -0.3 is 19.6 Å². The molecule has 0 aliphatic carbocycles. The predicted molar refractivity (Wildman–Crippen MR) is 78.0 cm³/mol. The Morgan fingerprint density at radius 2 is 2.10 bits per heavy atom. The van der Waals surface area contributed by atoms with E-state index < -0.39 is 0 Å². The van der Waals surface area contributed by atoms with Crippen molar-refractivity contribution in [3.05, 3.63) is 59.5 Å². The van der Waals surface area contributed by atoms with E-state index in [4.69, 9.17) is 14.3 Å². The third-order valence-electron chi connectivity index (χ3n) is 3.05. The van der Waals surface area contributed by atoms with Gasteiger partial charge in [-0.15, -0.1) is 0 Å². The maximum atomic E-state index is 11.9. The maximum Gasteiger partial charge on any atom is 0.287 e. The van der Waals surface area contributed by atoms with E-state index >= 15 is 0 Å². The Morgan fingerprint density at radius 1 is 1.33 bits per heavy atom. The Balaban J connectivity index is 1.99. The van der Waals surface area contributed by atoms with E-state index in [0.29, 0.717) is 6.54 Å². The van der Waals surface area contributed by atoms with Gasteiger partial charge in [0.1, 0.15) is 0 Å². The third-order valence-corrected chi connectivity index (χ3v) is 3.05. The van der Waals surface area contributed by atoms with Gasteiger partial charge in [0.2, 0.25) is 0 Å². The number of benzene rings is 1. The molecule has 2 N–H and O–H groups in total. The molecule has 1 aromatic heterocycles. The lowest BCUT2D eigenvalue weighted by Crippen LogP contribution is -2.29. The number of amides is 1. The first-order valence-electron chi connectivity index (χ1n) is 6.81. The van der Waals surface area contributed by atoms with Crippen LogP contribution in [0.1, 0.15) is 27.8 Å². The largest absolute Gasteiger partial charge is 0.459 e. The van der Waals surface area contributed by atoms with Crippen LogP contribution in [0, 0.1) is 6.92 Å². The quantitative estimate of drug-likeness (QED) is 0.818. The molecule has 21 heavy (non-hydrogen) atoms. The Bertz CT molecular complexity index is 548. The van der Waals surface area contributed by atoms with Gasteiger partial charge in [0.15, 0.2) is 5.76 Å². The van der Waals surface area contributed by atoms with Crippen molar-refractivity contribution >= 4 is 5.91 Å². The first-order chi connectivity index (χ1) is 10.2. The Labute approximate surface area is 123 Å². The molecule has 0 bridgehead atoms. The Hall–Kier alpha value is -2.11. The summed E-state index contributed by atoms with van der Waals surface area (Å²) in [5.74, 6) is -0.0236. The fourth-order valence-electron chi connectivity index (χ4n) is 1.93. The molecule has 0 radical (unpaired) electrons. The number of aryl methyl sites for hydroxylation is 1. The van der Waals surface area contributed by atoms with E-state index in [9.17, 15) is 4.79 Å². The van der Waals surface area contributed by atoms with Crippen molar-refractivity contribution < 1.29 is 19.1 Å². The summed E-state index contributed by atoms with van der Waals surface area (Å²) in [6, 6.07) is 11.1. The first-order valence-corrected chi connectivity index (χ1v) is 6.81. The summed E-state index contributed by atoms with van der Waals surface area (Å²) in [6.45, 7) is 2.47. The Morgan fingerprint density at radius 3 is 2.71 bits per heavy atom. The lowest BCUT2D eigenvalue weighted by molar-refractivity contribution is 0.0275. The fourth-order valence-corrected chi connectivity index (χ4v) is 1.93. The van der Waals surface area contributed by atoms with Gasteiger partial charge >= 0.3 is 0 Å². The molecule has 2 aromatic rings. The van der Waals surface area contributed by atoms with E-state index in [-0.39, 0.29) is 31.0 Å². The molecule has 1 amide bonds. The van der Waals surface area contributed by atoms with Crippen LogP contribution >= 0.6 is 0 Å². The number of nitrogens with one attached hydrogen (secondary N) is 1. The highest BCUT2D eigenvalue weighted by Crippen LogP contribution is 2.17. The van der Waals surface area contributed by atoms with Crippen LogP contribution in [0.5, 0.6) is 0 Å². The van der Waals surface area contributed by atoms with Crippen LogP contribution in [0.2, 0.25) is 0 Å². The van der Waals surface area contributed by atoms with Crippen molar-refractivity contribution in [1.82, 2.24) is 5.32 Å². The van der Waals surface area contributed by atoms with E-state index in [1.165, 1.54) is 6.26 Å². The smallest absolute Gasteiger partial charge is 0.287 e. The summed E-state index contributed by atoms with van der Waals surface area (Å²) in [4.78, 5) is 11.9. The van der Waals surface area contributed by atoms with Crippen LogP contribution in [-0.2, 0) is 4.74 Å². The monoisotopic (exact) mass is 289 g/mol. The molecule has 0 fully saturated rings. The molecule has 0 saturated carbocycles. The van der Waals surface area contributed by atoms with E-state index in [2.05, 4.69) is 5.32 Å². The van der Waals surface area contributed by atoms with Gasteiger partial charge in [-0.25, -0.2) is 0 Å². The molecule has 1 heterocycles. The number of furan rings is 1. The molecule has 0 aliphatic heterocycles. The fraction of sp³-hybridized carbons (Fsp3) is 0.312. The molecule has 2 rings (SSSR count). The van der Waals surface area contributed by atoms with Crippen molar-refractivity contribution in [3.8, 4) is 0 Å². The second-order valence-electron chi connectivity index (χ2n) is 4.68. The van der Waals surface area contributed by atoms with Crippen LogP contribution in [0.25, 0.3) is 0 Å². The van der Waals surface area contributed by atoms with Gasteiger partial charge in [0, 0.05) is 6.54 Å². The standard InChI is InChI=1S/C16H19NO4/c1-12-4-6-13(7-5-12)15(21-10-8-18)11-17-16(19)14-3-2-9-20-14/h2-7,9,15,18H,8,10-11H2,1H3,(H,17,19). The van der Waals surface area contributed by atoms with Gasteiger partial charge in [0.05, 0.1) is 25.6 Å². The molecule has 5 nitrogen and oxygen atoms in total. The van der Waals surface area contributed by atoms with Crippen molar-refractivity contribution in [3.63, 3.8) is 0 Å². The maximum absolute atomic E-state index is 11.9. The van der Waals surface area contributed by atoms with Crippen LogP contribution in [0.4, 0.5) is 0 Å². The lowest BCUT2D eigenvalue weighted by atomic mass is 10.1. The summed E-state index contributed by atoms with van der Waals surface area (Å²) in [5.41, 5.74) is 2.10. The van der Waals surface area contributed by atoms with Crippen molar-refractivity contribution in [1.29, 1.82) is 0 Å². The second kappa shape index (κ2) is 7.61. The average molecular weight is 289 g/mol. The Kier molecular flexibility index (Phi) is 5.54. The van der Waals surface area contributed by atoms with Gasteiger partial charge in [-0.05, 0) is 24.6 Å². The first kappa shape index (κ1) is 15.3. The summed E-state index contributed by atoms with van der Waals surface area (Å²) in [6.07, 6.45) is 1.14. The number of ether oxygens (including phenoxy) is 1. The molecule has 112 valence electrons. The zero-order valence-corrected chi connectivity index (χ0v) is 11.9. The third kappa shape index (κ3) is 4.44. The number of carbonyl (C=O) groups excluding carboxylic acids is 1. The number of hydrogen-bond acceptors (Lipinski definition) is 4. The van der Waals surface area contributed by atoms with E-state index in [0.717, 1.165) is 11.1 Å². The molecule has 0 saturated heterocycles. The summed E-state index contributed by atoms with van der Waals surface area (Å²) >= 11 is 0.